The monoisotopic (exact) mass is 299 g/mol. The molecule has 1 fully saturated rings. The topological polar surface area (TPSA) is 12.0 Å². The molecule has 0 radical (unpaired) electrons. The first-order chi connectivity index (χ1) is 9.08. The highest BCUT2D eigenvalue weighted by Gasteiger charge is 2.31. The van der Waals surface area contributed by atoms with Crippen molar-refractivity contribution in [1.82, 2.24) is 5.32 Å². The summed E-state index contributed by atoms with van der Waals surface area (Å²) in [5.41, 5.74) is 0. The van der Waals surface area contributed by atoms with Crippen LogP contribution in [0.5, 0.6) is 0 Å². The number of rotatable bonds is 5. The Kier molecular flexibility index (Phi) is 5.73. The van der Waals surface area contributed by atoms with Gasteiger partial charge in [-0.2, -0.15) is 0 Å². The van der Waals surface area contributed by atoms with Gasteiger partial charge in [-0.15, -0.1) is 11.3 Å². The van der Waals surface area contributed by atoms with E-state index in [2.05, 4.69) is 37.5 Å². The average molecular weight is 300 g/mol. The smallest absolute Gasteiger partial charge is 0.0547 e. The van der Waals surface area contributed by atoms with Crippen molar-refractivity contribution in [3.63, 3.8) is 0 Å². The molecule has 1 heterocycles. The standard InChI is InChI=1S/C16H26ClNS/c1-11(2)9-18-10-13-5-4-12(3)8-14(13)16-15(17)6-7-19-16/h6-7,11-14,18H,4-5,8-10H2,1-3H3. The van der Waals surface area contributed by atoms with Gasteiger partial charge in [0.2, 0.25) is 0 Å². The molecule has 3 unspecified atom stereocenters. The van der Waals surface area contributed by atoms with Gasteiger partial charge in [0.1, 0.15) is 0 Å². The summed E-state index contributed by atoms with van der Waals surface area (Å²) in [5, 5.41) is 6.76. The van der Waals surface area contributed by atoms with Crippen LogP contribution < -0.4 is 5.32 Å². The minimum absolute atomic E-state index is 0.663. The molecule has 0 spiro atoms. The molecule has 0 bridgehead atoms. The van der Waals surface area contributed by atoms with Gasteiger partial charge in [0, 0.05) is 4.88 Å². The second-order valence-corrected chi connectivity index (χ2v) is 7.82. The summed E-state index contributed by atoms with van der Waals surface area (Å²) in [5.74, 6) is 2.98. The van der Waals surface area contributed by atoms with Crippen LogP contribution in [0.15, 0.2) is 11.4 Å². The summed E-state index contributed by atoms with van der Waals surface area (Å²) < 4.78 is 0. The van der Waals surface area contributed by atoms with E-state index in [1.54, 1.807) is 0 Å². The van der Waals surface area contributed by atoms with Crippen molar-refractivity contribution < 1.29 is 0 Å². The molecule has 1 aromatic heterocycles. The van der Waals surface area contributed by atoms with Crippen LogP contribution in [0.25, 0.3) is 0 Å². The molecule has 1 aliphatic rings. The van der Waals surface area contributed by atoms with Gasteiger partial charge in [-0.05, 0) is 61.0 Å². The Bertz CT molecular complexity index is 388. The van der Waals surface area contributed by atoms with Gasteiger partial charge in [0.05, 0.1) is 5.02 Å². The molecule has 108 valence electrons. The normalized spacial score (nSPS) is 27.9. The Hall–Kier alpha value is -0.0500. The number of hydrogen-bond acceptors (Lipinski definition) is 2. The Balaban J connectivity index is 2.01. The highest BCUT2D eigenvalue weighted by atomic mass is 35.5. The summed E-state index contributed by atoms with van der Waals surface area (Å²) in [4.78, 5) is 1.42. The predicted octanol–water partition coefficient (Wildman–Crippen LogP) is 5.17. The maximum Gasteiger partial charge on any atom is 0.0547 e. The third-order valence-corrected chi connectivity index (χ3v) is 5.69. The largest absolute Gasteiger partial charge is 0.316 e. The molecule has 19 heavy (non-hydrogen) atoms. The maximum absolute atomic E-state index is 6.36. The third-order valence-electron chi connectivity index (χ3n) is 4.20. The Morgan fingerprint density at radius 1 is 1.42 bits per heavy atom. The van der Waals surface area contributed by atoms with Crippen molar-refractivity contribution in [3.8, 4) is 0 Å². The van der Waals surface area contributed by atoms with Gasteiger partial charge in [-0.25, -0.2) is 0 Å². The fourth-order valence-electron chi connectivity index (χ4n) is 3.14. The van der Waals surface area contributed by atoms with Gasteiger partial charge in [-0.3, -0.25) is 0 Å². The average Bonchev–Trinajstić information content (AvgIpc) is 2.77. The van der Waals surface area contributed by atoms with E-state index >= 15 is 0 Å². The Morgan fingerprint density at radius 3 is 2.84 bits per heavy atom. The summed E-state index contributed by atoms with van der Waals surface area (Å²) >= 11 is 8.20. The zero-order valence-electron chi connectivity index (χ0n) is 12.3. The summed E-state index contributed by atoms with van der Waals surface area (Å²) in [6.07, 6.45) is 4.01. The van der Waals surface area contributed by atoms with Crippen LogP contribution in [-0.2, 0) is 0 Å². The molecule has 3 heteroatoms. The molecule has 0 amide bonds. The van der Waals surface area contributed by atoms with E-state index in [0.717, 1.165) is 35.9 Å². The van der Waals surface area contributed by atoms with Gasteiger partial charge >= 0.3 is 0 Å². The van der Waals surface area contributed by atoms with Crippen LogP contribution in [0.4, 0.5) is 0 Å². The minimum Gasteiger partial charge on any atom is -0.316 e. The van der Waals surface area contributed by atoms with Gasteiger partial charge in [0.25, 0.3) is 0 Å². The van der Waals surface area contributed by atoms with Crippen molar-refractivity contribution in [2.45, 2.75) is 46.0 Å². The number of hydrogen-bond donors (Lipinski definition) is 1. The van der Waals surface area contributed by atoms with Gasteiger partial charge in [-0.1, -0.05) is 38.8 Å². The van der Waals surface area contributed by atoms with Crippen LogP contribution in [0.1, 0.15) is 50.8 Å². The van der Waals surface area contributed by atoms with E-state index < -0.39 is 0 Å². The highest BCUT2D eigenvalue weighted by molar-refractivity contribution is 7.10. The first-order valence-corrected chi connectivity index (χ1v) is 8.77. The van der Waals surface area contributed by atoms with Crippen LogP contribution in [-0.4, -0.2) is 13.1 Å². The molecule has 1 saturated carbocycles. The number of halogens is 1. The minimum atomic E-state index is 0.663. The first kappa shape index (κ1) is 15.3. The molecule has 1 nitrogen and oxygen atoms in total. The highest BCUT2D eigenvalue weighted by Crippen LogP contribution is 2.44. The molecular weight excluding hydrogens is 274 g/mol. The van der Waals surface area contributed by atoms with Crippen LogP contribution in [0.3, 0.4) is 0 Å². The number of thiophene rings is 1. The van der Waals surface area contributed by atoms with E-state index in [-0.39, 0.29) is 0 Å². The fraction of sp³-hybridized carbons (Fsp3) is 0.750. The van der Waals surface area contributed by atoms with E-state index in [1.807, 2.05) is 11.3 Å². The number of nitrogens with one attached hydrogen (secondary N) is 1. The van der Waals surface area contributed by atoms with Crippen molar-refractivity contribution in [1.29, 1.82) is 0 Å². The molecule has 1 aliphatic carbocycles. The fourth-order valence-corrected chi connectivity index (χ4v) is 4.54. The predicted molar refractivity (Wildman–Crippen MR) is 86.3 cm³/mol. The molecular formula is C16H26ClNS. The summed E-state index contributed by atoms with van der Waals surface area (Å²) in [7, 11) is 0. The van der Waals surface area contributed by atoms with E-state index in [9.17, 15) is 0 Å². The summed E-state index contributed by atoms with van der Waals surface area (Å²) in [6.45, 7) is 9.18. The Morgan fingerprint density at radius 2 is 2.21 bits per heavy atom. The van der Waals surface area contributed by atoms with Crippen molar-refractivity contribution in [2.24, 2.45) is 17.8 Å². The van der Waals surface area contributed by atoms with Crippen LogP contribution in [0, 0.1) is 17.8 Å². The molecule has 1 aromatic rings. The molecule has 0 saturated heterocycles. The molecule has 3 atom stereocenters. The lowest BCUT2D eigenvalue weighted by Gasteiger charge is -2.35. The van der Waals surface area contributed by atoms with E-state index in [4.69, 9.17) is 11.6 Å². The SMILES string of the molecule is CC(C)CNCC1CCC(C)CC1c1sccc1Cl. The molecule has 0 aromatic carbocycles. The second-order valence-electron chi connectivity index (χ2n) is 6.47. The van der Waals surface area contributed by atoms with E-state index in [0.29, 0.717) is 5.92 Å². The zero-order chi connectivity index (χ0) is 13.8. The lowest BCUT2D eigenvalue weighted by Crippen LogP contribution is -2.33. The van der Waals surface area contributed by atoms with Crippen LogP contribution >= 0.6 is 22.9 Å². The second kappa shape index (κ2) is 7.10. The molecule has 0 aliphatic heterocycles. The lowest BCUT2D eigenvalue weighted by molar-refractivity contribution is 0.242. The van der Waals surface area contributed by atoms with E-state index in [1.165, 1.54) is 24.1 Å². The maximum atomic E-state index is 6.36. The zero-order valence-corrected chi connectivity index (χ0v) is 13.9. The van der Waals surface area contributed by atoms with Crippen molar-refractivity contribution in [3.05, 3.63) is 21.3 Å². The molecule has 2 rings (SSSR count). The quantitative estimate of drug-likeness (QED) is 0.791. The van der Waals surface area contributed by atoms with Crippen molar-refractivity contribution in [2.75, 3.05) is 13.1 Å². The Labute approximate surface area is 126 Å². The third kappa shape index (κ3) is 4.21. The van der Waals surface area contributed by atoms with Crippen LogP contribution in [0.2, 0.25) is 5.02 Å². The first-order valence-electron chi connectivity index (χ1n) is 7.51. The van der Waals surface area contributed by atoms with Gasteiger partial charge in [0.15, 0.2) is 0 Å². The van der Waals surface area contributed by atoms with Gasteiger partial charge < -0.3 is 5.32 Å². The summed E-state index contributed by atoms with van der Waals surface area (Å²) in [6, 6.07) is 2.05. The molecule has 1 N–H and O–H groups in total. The lowest BCUT2D eigenvalue weighted by atomic mass is 9.74. The van der Waals surface area contributed by atoms with Crippen molar-refractivity contribution >= 4 is 22.9 Å².